The number of nitrogens with zero attached hydrogens (tertiary/aromatic N) is 4. The van der Waals surface area contributed by atoms with Crippen molar-refractivity contribution in [2.75, 3.05) is 5.43 Å². The third-order valence-corrected chi connectivity index (χ3v) is 3.42. The monoisotopic (exact) mass is 359 g/mol. The number of anilines is 1. The van der Waals surface area contributed by atoms with Gasteiger partial charge < -0.3 is 0 Å². The molecule has 0 amide bonds. The van der Waals surface area contributed by atoms with Gasteiger partial charge in [-0.3, -0.25) is 5.43 Å². The Bertz CT molecular complexity index is 829. The summed E-state index contributed by atoms with van der Waals surface area (Å²) in [5.74, 6) is 0.142. The molecule has 0 bridgehead atoms. The molecule has 0 saturated heterocycles. The number of nitriles is 1. The van der Waals surface area contributed by atoms with Crippen molar-refractivity contribution >= 4 is 17.2 Å². The SMILES string of the molecule is CC(C)c1ccc(/N=N/C(C#N)=N/Nc2ccc(C(F)(F)F)cc2)cc1. The third kappa shape index (κ3) is 5.41. The van der Waals surface area contributed by atoms with E-state index in [2.05, 4.69) is 34.6 Å². The number of rotatable bonds is 4. The maximum Gasteiger partial charge on any atom is 0.416 e. The summed E-state index contributed by atoms with van der Waals surface area (Å²) in [6.07, 6.45) is -4.40. The Morgan fingerprint density at radius 1 is 1.04 bits per heavy atom. The molecule has 134 valence electrons. The van der Waals surface area contributed by atoms with Crippen LogP contribution in [0.3, 0.4) is 0 Å². The number of benzene rings is 2. The lowest BCUT2D eigenvalue weighted by molar-refractivity contribution is -0.137. The fourth-order valence-electron chi connectivity index (χ4n) is 1.95. The van der Waals surface area contributed by atoms with Crippen molar-refractivity contribution in [3.63, 3.8) is 0 Å². The number of alkyl halides is 3. The average molecular weight is 359 g/mol. The first-order valence-corrected chi connectivity index (χ1v) is 7.72. The molecule has 5 nitrogen and oxygen atoms in total. The van der Waals surface area contributed by atoms with Gasteiger partial charge in [0.25, 0.3) is 5.84 Å². The zero-order valence-electron chi connectivity index (χ0n) is 14.1. The van der Waals surface area contributed by atoms with Crippen LogP contribution in [0, 0.1) is 11.3 Å². The van der Waals surface area contributed by atoms with E-state index in [0.29, 0.717) is 17.3 Å². The summed E-state index contributed by atoms with van der Waals surface area (Å²) in [5, 5.41) is 20.4. The van der Waals surface area contributed by atoms with Crippen molar-refractivity contribution in [3.8, 4) is 6.07 Å². The molecule has 26 heavy (non-hydrogen) atoms. The molecule has 0 radical (unpaired) electrons. The first-order chi connectivity index (χ1) is 12.3. The number of hydrazone groups is 1. The Hall–Kier alpha value is -3.21. The first kappa shape index (κ1) is 19.1. The van der Waals surface area contributed by atoms with Crippen LogP contribution in [0.5, 0.6) is 0 Å². The van der Waals surface area contributed by atoms with Gasteiger partial charge in [-0.15, -0.1) is 15.3 Å². The van der Waals surface area contributed by atoms with E-state index in [1.807, 2.05) is 12.1 Å². The minimum atomic E-state index is -4.40. The Labute approximate surface area is 148 Å². The number of nitrogens with one attached hydrogen (secondary N) is 1. The van der Waals surface area contributed by atoms with Gasteiger partial charge in [0, 0.05) is 0 Å². The van der Waals surface area contributed by atoms with Gasteiger partial charge in [-0.05, 0) is 47.9 Å². The Balaban J connectivity index is 2.04. The van der Waals surface area contributed by atoms with Crippen molar-refractivity contribution in [2.45, 2.75) is 25.9 Å². The van der Waals surface area contributed by atoms with Crippen LogP contribution in [0.1, 0.15) is 30.9 Å². The van der Waals surface area contributed by atoms with Crippen molar-refractivity contribution in [1.82, 2.24) is 0 Å². The van der Waals surface area contributed by atoms with Crippen LogP contribution < -0.4 is 5.43 Å². The molecule has 0 atom stereocenters. The summed E-state index contributed by atoms with van der Waals surface area (Å²) in [5.41, 5.74) is 3.72. The number of halogens is 3. The number of azo groups is 1. The van der Waals surface area contributed by atoms with Crippen molar-refractivity contribution in [1.29, 1.82) is 5.26 Å². The number of amidine groups is 1. The van der Waals surface area contributed by atoms with Crippen LogP contribution in [0.15, 0.2) is 63.9 Å². The summed E-state index contributed by atoms with van der Waals surface area (Å²) in [6, 6.07) is 13.4. The molecule has 2 aromatic carbocycles. The molecule has 8 heteroatoms. The fraction of sp³-hybridized carbons (Fsp3) is 0.222. The lowest BCUT2D eigenvalue weighted by Gasteiger charge is -2.07. The second-order valence-electron chi connectivity index (χ2n) is 5.68. The Morgan fingerprint density at radius 3 is 2.15 bits per heavy atom. The highest BCUT2D eigenvalue weighted by Gasteiger charge is 2.29. The second-order valence-corrected chi connectivity index (χ2v) is 5.68. The molecule has 0 spiro atoms. The van der Waals surface area contributed by atoms with Crippen LogP contribution in [0.25, 0.3) is 0 Å². The number of hydrogen-bond acceptors (Lipinski definition) is 4. The van der Waals surface area contributed by atoms with E-state index >= 15 is 0 Å². The Kier molecular flexibility index (Phi) is 6.07. The maximum atomic E-state index is 12.5. The van der Waals surface area contributed by atoms with Gasteiger partial charge in [0.1, 0.15) is 6.07 Å². The molecule has 0 aliphatic rings. The smallest absolute Gasteiger partial charge is 0.276 e. The topological polar surface area (TPSA) is 72.9 Å². The largest absolute Gasteiger partial charge is 0.416 e. The Morgan fingerprint density at radius 2 is 1.65 bits per heavy atom. The first-order valence-electron chi connectivity index (χ1n) is 7.72. The van der Waals surface area contributed by atoms with Gasteiger partial charge in [0.2, 0.25) is 0 Å². The second kappa shape index (κ2) is 8.25. The fourth-order valence-corrected chi connectivity index (χ4v) is 1.95. The van der Waals surface area contributed by atoms with Gasteiger partial charge in [0.15, 0.2) is 0 Å². The predicted molar refractivity (Wildman–Crippen MR) is 93.2 cm³/mol. The zero-order valence-corrected chi connectivity index (χ0v) is 14.1. The van der Waals surface area contributed by atoms with Crippen molar-refractivity contribution in [2.24, 2.45) is 15.3 Å². The van der Waals surface area contributed by atoms with Crippen molar-refractivity contribution < 1.29 is 13.2 Å². The lowest BCUT2D eigenvalue weighted by Crippen LogP contribution is -2.04. The standard InChI is InChI=1S/C18H16F3N5/c1-12(2)13-3-7-15(8-4-13)23-25-17(11-22)26-24-16-9-5-14(6-10-16)18(19,20)21/h3-10,12,24H,1-2H3/b25-23+,26-17+. The normalized spacial score (nSPS) is 12.4. The minimum Gasteiger partial charge on any atom is -0.276 e. The predicted octanol–water partition coefficient (Wildman–Crippen LogP) is 5.86. The quantitative estimate of drug-likeness (QED) is 0.321. The highest BCUT2D eigenvalue weighted by molar-refractivity contribution is 5.97. The molecule has 2 rings (SSSR count). The van der Waals surface area contributed by atoms with E-state index in [0.717, 1.165) is 17.7 Å². The van der Waals surface area contributed by atoms with E-state index in [-0.39, 0.29) is 5.84 Å². The van der Waals surface area contributed by atoms with Gasteiger partial charge in [0.05, 0.1) is 16.9 Å². The highest BCUT2D eigenvalue weighted by atomic mass is 19.4. The van der Waals surface area contributed by atoms with Gasteiger partial charge >= 0.3 is 6.18 Å². The van der Waals surface area contributed by atoms with Gasteiger partial charge in [-0.2, -0.15) is 18.4 Å². The van der Waals surface area contributed by atoms with Gasteiger partial charge in [-0.25, -0.2) is 0 Å². The van der Waals surface area contributed by atoms with Crippen molar-refractivity contribution in [3.05, 3.63) is 59.7 Å². The molecular weight excluding hydrogens is 343 g/mol. The molecule has 0 aliphatic heterocycles. The van der Waals surface area contributed by atoms with Crippen LogP contribution in [0.2, 0.25) is 0 Å². The highest BCUT2D eigenvalue weighted by Crippen LogP contribution is 2.29. The molecule has 1 N–H and O–H groups in total. The summed E-state index contributed by atoms with van der Waals surface area (Å²) >= 11 is 0. The van der Waals surface area contributed by atoms with E-state index in [1.165, 1.54) is 12.1 Å². The van der Waals surface area contributed by atoms with Crippen LogP contribution >= 0.6 is 0 Å². The number of hydrogen-bond donors (Lipinski definition) is 1. The molecule has 0 unspecified atom stereocenters. The third-order valence-electron chi connectivity index (χ3n) is 3.42. The summed E-state index contributed by atoms with van der Waals surface area (Å²) in [4.78, 5) is 0. The lowest BCUT2D eigenvalue weighted by atomic mass is 10.0. The summed E-state index contributed by atoms with van der Waals surface area (Å²) < 4.78 is 37.5. The van der Waals surface area contributed by atoms with E-state index in [4.69, 9.17) is 5.26 Å². The molecule has 0 saturated carbocycles. The van der Waals surface area contributed by atoms with E-state index < -0.39 is 11.7 Å². The zero-order chi connectivity index (χ0) is 19.2. The summed E-state index contributed by atoms with van der Waals surface area (Å²) in [7, 11) is 0. The van der Waals surface area contributed by atoms with E-state index in [9.17, 15) is 13.2 Å². The van der Waals surface area contributed by atoms with Crippen LogP contribution in [-0.2, 0) is 6.18 Å². The van der Waals surface area contributed by atoms with E-state index in [1.54, 1.807) is 18.2 Å². The molecule has 0 heterocycles. The summed E-state index contributed by atoms with van der Waals surface area (Å²) in [6.45, 7) is 4.15. The maximum absolute atomic E-state index is 12.5. The molecule has 0 aliphatic carbocycles. The van der Waals surface area contributed by atoms with Crippen LogP contribution in [0.4, 0.5) is 24.5 Å². The molecule has 2 aromatic rings. The minimum absolute atomic E-state index is 0.252. The molecule has 0 aromatic heterocycles. The van der Waals surface area contributed by atoms with Crippen LogP contribution in [-0.4, -0.2) is 5.84 Å². The average Bonchev–Trinajstić information content (AvgIpc) is 2.62. The molecule has 0 fully saturated rings. The van der Waals surface area contributed by atoms with Gasteiger partial charge in [-0.1, -0.05) is 26.0 Å². The molecular formula is C18H16F3N5.